The molecule has 1 aromatic heterocycles. The number of carboxylic acid groups (broad SMARTS) is 1. The van der Waals surface area contributed by atoms with Gasteiger partial charge in [0.2, 0.25) is 10.0 Å². The van der Waals surface area contributed by atoms with E-state index < -0.39 is 21.5 Å². The molecule has 0 spiro atoms. The van der Waals surface area contributed by atoms with Gasteiger partial charge in [0, 0.05) is 19.2 Å². The van der Waals surface area contributed by atoms with Crippen molar-refractivity contribution in [1.82, 2.24) is 9.71 Å². The van der Waals surface area contributed by atoms with Gasteiger partial charge in [0.1, 0.15) is 11.0 Å². The number of hydrogen-bond acceptors (Lipinski definition) is 6. The lowest BCUT2D eigenvalue weighted by molar-refractivity contribution is -0.144. The van der Waals surface area contributed by atoms with Crippen molar-refractivity contribution in [2.75, 3.05) is 13.2 Å². The summed E-state index contributed by atoms with van der Waals surface area (Å²) in [5, 5.41) is 18.1. The molecule has 106 valence electrons. The van der Waals surface area contributed by atoms with Gasteiger partial charge in [-0.15, -0.1) is 0 Å². The van der Waals surface area contributed by atoms with Gasteiger partial charge in [-0.3, -0.25) is 4.79 Å². The molecular weight excluding hydrogens is 286 g/mol. The summed E-state index contributed by atoms with van der Waals surface area (Å²) in [4.78, 5) is 14.6. The molecule has 1 saturated heterocycles. The third kappa shape index (κ3) is 2.49. The van der Waals surface area contributed by atoms with Crippen LogP contribution in [0.1, 0.15) is 12.1 Å². The van der Waals surface area contributed by atoms with Gasteiger partial charge < -0.3 is 9.84 Å². The molecule has 20 heavy (non-hydrogen) atoms. The van der Waals surface area contributed by atoms with E-state index in [-0.39, 0.29) is 30.2 Å². The number of hydrogen-bond donors (Lipinski definition) is 2. The quantitative estimate of drug-likeness (QED) is 0.764. The lowest BCUT2D eigenvalue weighted by Gasteiger charge is -2.23. The molecule has 1 fully saturated rings. The number of nitriles is 1. The molecule has 0 aliphatic carbocycles. The average molecular weight is 297 g/mol. The van der Waals surface area contributed by atoms with Crippen LogP contribution in [0, 0.1) is 11.3 Å². The summed E-state index contributed by atoms with van der Waals surface area (Å²) in [6.07, 6.45) is 1.30. The van der Waals surface area contributed by atoms with Crippen LogP contribution in [0.5, 0.6) is 0 Å². The Labute approximate surface area is 115 Å². The van der Waals surface area contributed by atoms with Crippen molar-refractivity contribution < 1.29 is 23.1 Å². The highest BCUT2D eigenvalue weighted by molar-refractivity contribution is 7.89. The van der Waals surface area contributed by atoms with Crippen LogP contribution < -0.4 is 4.72 Å². The van der Waals surface area contributed by atoms with Crippen LogP contribution in [0.15, 0.2) is 23.2 Å². The van der Waals surface area contributed by atoms with Gasteiger partial charge in [-0.1, -0.05) is 0 Å². The standard InChI is InChI=1S/C11H11N3O5S/c12-6-8-9(2-1-4-13-8)20(17,18)14-11(10(15)16)3-5-19-7-11/h1-2,4,14H,3,5,7H2,(H,15,16). The third-order valence-corrected chi connectivity index (χ3v) is 4.49. The Hall–Kier alpha value is -2.02. The average Bonchev–Trinajstić information content (AvgIpc) is 2.88. The lowest BCUT2D eigenvalue weighted by Crippen LogP contribution is -2.55. The predicted molar refractivity (Wildman–Crippen MR) is 65.1 cm³/mol. The minimum atomic E-state index is -4.19. The Morgan fingerprint density at radius 2 is 2.35 bits per heavy atom. The van der Waals surface area contributed by atoms with Crippen LogP contribution in [-0.4, -0.2) is 43.2 Å². The Bertz CT molecular complexity index is 674. The number of pyridine rings is 1. The summed E-state index contributed by atoms with van der Waals surface area (Å²) in [5.41, 5.74) is -2.00. The minimum absolute atomic E-state index is 0.0176. The fourth-order valence-electron chi connectivity index (χ4n) is 1.86. The first-order valence-corrected chi connectivity index (χ1v) is 7.10. The van der Waals surface area contributed by atoms with Crippen LogP contribution in [-0.2, 0) is 19.6 Å². The molecule has 8 nitrogen and oxygen atoms in total. The number of sulfonamides is 1. The van der Waals surface area contributed by atoms with Crippen molar-refractivity contribution in [1.29, 1.82) is 5.26 Å². The Morgan fingerprint density at radius 3 is 2.90 bits per heavy atom. The SMILES string of the molecule is N#Cc1ncccc1S(=O)(=O)NC1(C(=O)O)CCOC1. The van der Waals surface area contributed by atoms with Crippen LogP contribution in [0.25, 0.3) is 0 Å². The maximum absolute atomic E-state index is 12.3. The van der Waals surface area contributed by atoms with Crippen molar-refractivity contribution in [3.05, 3.63) is 24.0 Å². The number of nitrogens with zero attached hydrogens (tertiary/aromatic N) is 2. The summed E-state index contributed by atoms with van der Waals surface area (Å²) >= 11 is 0. The highest BCUT2D eigenvalue weighted by Crippen LogP contribution is 2.23. The number of carboxylic acids is 1. The molecule has 0 saturated carbocycles. The van der Waals surface area contributed by atoms with Crippen molar-refractivity contribution >= 4 is 16.0 Å². The first kappa shape index (κ1) is 14.4. The number of ether oxygens (including phenoxy) is 1. The zero-order valence-corrected chi connectivity index (χ0v) is 11.1. The summed E-state index contributed by atoms with van der Waals surface area (Å²) in [7, 11) is -4.19. The Morgan fingerprint density at radius 1 is 1.60 bits per heavy atom. The van der Waals surface area contributed by atoms with Crippen LogP contribution in [0.2, 0.25) is 0 Å². The highest BCUT2D eigenvalue weighted by atomic mass is 32.2. The van der Waals surface area contributed by atoms with E-state index in [1.54, 1.807) is 6.07 Å². The monoisotopic (exact) mass is 297 g/mol. The van der Waals surface area contributed by atoms with E-state index in [0.717, 1.165) is 0 Å². The number of aromatic nitrogens is 1. The molecule has 1 aliphatic rings. The predicted octanol–water partition coefficient (Wildman–Crippen LogP) is -0.525. The molecule has 1 aliphatic heterocycles. The summed E-state index contributed by atoms with van der Waals surface area (Å²) in [5.74, 6) is -1.32. The van der Waals surface area contributed by atoms with Gasteiger partial charge in [0.25, 0.3) is 0 Å². The van der Waals surface area contributed by atoms with E-state index >= 15 is 0 Å². The molecule has 0 amide bonds. The largest absolute Gasteiger partial charge is 0.480 e. The second-order valence-corrected chi connectivity index (χ2v) is 5.91. The van der Waals surface area contributed by atoms with E-state index in [1.807, 2.05) is 0 Å². The van der Waals surface area contributed by atoms with Crippen LogP contribution in [0.4, 0.5) is 0 Å². The minimum Gasteiger partial charge on any atom is -0.480 e. The second-order valence-electron chi connectivity index (χ2n) is 4.26. The fourth-order valence-corrected chi connectivity index (χ4v) is 3.34. The molecule has 0 radical (unpaired) electrons. The van der Waals surface area contributed by atoms with E-state index in [9.17, 15) is 18.3 Å². The zero-order valence-electron chi connectivity index (χ0n) is 10.2. The molecule has 1 unspecified atom stereocenters. The molecule has 1 atom stereocenters. The molecule has 9 heteroatoms. The second kappa shape index (κ2) is 5.16. The smallest absolute Gasteiger partial charge is 0.327 e. The van der Waals surface area contributed by atoms with Crippen molar-refractivity contribution in [2.24, 2.45) is 0 Å². The molecule has 2 heterocycles. The number of rotatable bonds is 4. The fraction of sp³-hybridized carbons (Fsp3) is 0.364. The number of aliphatic carboxylic acids is 1. The van der Waals surface area contributed by atoms with E-state index in [1.165, 1.54) is 18.3 Å². The summed E-state index contributed by atoms with van der Waals surface area (Å²) in [6.45, 7) is -0.114. The van der Waals surface area contributed by atoms with Crippen molar-refractivity contribution in [2.45, 2.75) is 16.9 Å². The van der Waals surface area contributed by atoms with Crippen LogP contribution in [0.3, 0.4) is 0 Å². The van der Waals surface area contributed by atoms with Crippen molar-refractivity contribution in [3.63, 3.8) is 0 Å². The maximum Gasteiger partial charge on any atom is 0.327 e. The summed E-state index contributed by atoms with van der Waals surface area (Å²) < 4.78 is 31.6. The van der Waals surface area contributed by atoms with Crippen molar-refractivity contribution in [3.8, 4) is 6.07 Å². The number of nitrogens with one attached hydrogen (secondary N) is 1. The maximum atomic E-state index is 12.3. The van der Waals surface area contributed by atoms with Gasteiger partial charge in [-0.25, -0.2) is 13.4 Å². The first-order chi connectivity index (χ1) is 9.41. The lowest BCUT2D eigenvalue weighted by atomic mass is 10.0. The van der Waals surface area contributed by atoms with Gasteiger partial charge in [0.15, 0.2) is 11.2 Å². The van der Waals surface area contributed by atoms with Gasteiger partial charge >= 0.3 is 5.97 Å². The normalized spacial score (nSPS) is 22.4. The van der Waals surface area contributed by atoms with E-state index in [0.29, 0.717) is 0 Å². The number of carbonyl (C=O) groups is 1. The highest BCUT2D eigenvalue weighted by Gasteiger charge is 2.46. The molecular formula is C11H11N3O5S. The van der Waals surface area contributed by atoms with E-state index in [2.05, 4.69) is 9.71 Å². The first-order valence-electron chi connectivity index (χ1n) is 5.61. The van der Waals surface area contributed by atoms with Gasteiger partial charge in [-0.2, -0.15) is 9.98 Å². The van der Waals surface area contributed by atoms with Crippen LogP contribution >= 0.6 is 0 Å². The topological polar surface area (TPSA) is 129 Å². The third-order valence-electron chi connectivity index (χ3n) is 2.93. The van der Waals surface area contributed by atoms with E-state index in [4.69, 9.17) is 10.00 Å². The zero-order chi connectivity index (χ0) is 14.8. The molecule has 2 N–H and O–H groups in total. The molecule has 1 aromatic rings. The Kier molecular flexibility index (Phi) is 3.71. The van der Waals surface area contributed by atoms with Gasteiger partial charge in [-0.05, 0) is 12.1 Å². The molecule has 0 aromatic carbocycles. The molecule has 2 rings (SSSR count). The van der Waals surface area contributed by atoms with Gasteiger partial charge in [0.05, 0.1) is 6.61 Å². The molecule has 0 bridgehead atoms. The summed E-state index contributed by atoms with van der Waals surface area (Å²) in [6, 6.07) is 4.21. The Balaban J connectivity index is 2.41.